The van der Waals surface area contributed by atoms with Gasteiger partial charge >= 0.3 is 5.97 Å². The fraction of sp³-hybridized carbons (Fsp3) is 0.238. The van der Waals surface area contributed by atoms with Crippen LogP contribution in [0.5, 0.6) is 0 Å². The first-order chi connectivity index (χ1) is 13.1. The zero-order valence-corrected chi connectivity index (χ0v) is 14.6. The van der Waals surface area contributed by atoms with Crippen molar-refractivity contribution < 1.29 is 19.0 Å². The number of carbonyl (C=O) groups is 1. The van der Waals surface area contributed by atoms with E-state index in [9.17, 15) is 14.3 Å². The molecule has 3 aromatic rings. The summed E-state index contributed by atoms with van der Waals surface area (Å²) in [6.45, 7) is 1.32. The van der Waals surface area contributed by atoms with Gasteiger partial charge in [-0.2, -0.15) is 0 Å². The lowest BCUT2D eigenvalue weighted by Crippen LogP contribution is -2.20. The molecule has 27 heavy (non-hydrogen) atoms. The lowest BCUT2D eigenvalue weighted by atomic mass is 9.98. The molecular formula is C21H19FN2O3. The molecule has 6 heteroatoms. The van der Waals surface area contributed by atoms with Crippen molar-refractivity contribution in [3.8, 4) is 22.5 Å². The molecule has 1 aromatic heterocycles. The Balaban J connectivity index is 1.92. The van der Waals surface area contributed by atoms with Crippen molar-refractivity contribution in [2.24, 2.45) is 0 Å². The third-order valence-electron chi connectivity index (χ3n) is 4.91. The maximum atomic E-state index is 13.4. The molecule has 2 aromatic carbocycles. The second kappa shape index (κ2) is 7.32. The lowest BCUT2D eigenvalue weighted by Gasteiger charge is -2.26. The zero-order chi connectivity index (χ0) is 18.8. The Morgan fingerprint density at radius 1 is 1.11 bits per heavy atom. The highest BCUT2D eigenvalue weighted by Crippen LogP contribution is 2.37. The Kier molecular flexibility index (Phi) is 4.73. The molecule has 0 amide bonds. The summed E-state index contributed by atoms with van der Waals surface area (Å²) in [6, 6.07) is 13.2. The van der Waals surface area contributed by atoms with Crippen molar-refractivity contribution in [3.05, 3.63) is 66.2 Å². The molecule has 5 nitrogen and oxygen atoms in total. The molecule has 1 aliphatic rings. The smallest absolute Gasteiger partial charge is 0.336 e. The van der Waals surface area contributed by atoms with Crippen LogP contribution in [-0.2, 0) is 4.74 Å². The summed E-state index contributed by atoms with van der Waals surface area (Å²) < 4.78 is 20.9. The van der Waals surface area contributed by atoms with E-state index < -0.39 is 5.97 Å². The van der Waals surface area contributed by atoms with E-state index in [1.165, 1.54) is 12.1 Å². The minimum atomic E-state index is -0.990. The maximum Gasteiger partial charge on any atom is 0.336 e. The van der Waals surface area contributed by atoms with Gasteiger partial charge in [0.05, 0.1) is 23.3 Å². The highest BCUT2D eigenvalue weighted by atomic mass is 19.1. The van der Waals surface area contributed by atoms with Crippen molar-refractivity contribution in [1.82, 2.24) is 9.55 Å². The number of imidazole rings is 1. The predicted molar refractivity (Wildman–Crippen MR) is 99.1 cm³/mol. The van der Waals surface area contributed by atoms with Crippen molar-refractivity contribution in [1.29, 1.82) is 0 Å². The topological polar surface area (TPSA) is 64.3 Å². The number of ether oxygens (including phenoxy) is 1. The van der Waals surface area contributed by atoms with E-state index in [4.69, 9.17) is 4.74 Å². The second-order valence-corrected chi connectivity index (χ2v) is 6.55. The molecule has 0 spiro atoms. The summed E-state index contributed by atoms with van der Waals surface area (Å²) in [5.74, 6) is -1.31. The third-order valence-corrected chi connectivity index (χ3v) is 4.91. The SMILES string of the molecule is O=C(O)c1ccccc1-c1c(-c2ccc(F)cc2)ncn1C1CCOCC1. The second-order valence-electron chi connectivity index (χ2n) is 6.55. The highest BCUT2D eigenvalue weighted by Gasteiger charge is 2.25. The van der Waals surface area contributed by atoms with Crippen LogP contribution in [0, 0.1) is 5.82 Å². The van der Waals surface area contributed by atoms with Crippen LogP contribution in [0.1, 0.15) is 29.2 Å². The molecule has 0 bridgehead atoms. The molecule has 1 saturated heterocycles. The van der Waals surface area contributed by atoms with E-state index >= 15 is 0 Å². The summed E-state index contributed by atoms with van der Waals surface area (Å²) in [6.07, 6.45) is 3.42. The van der Waals surface area contributed by atoms with Crippen LogP contribution in [-0.4, -0.2) is 33.8 Å². The standard InChI is InChI=1S/C21H19FN2O3/c22-15-7-5-14(6-8-15)19-20(17-3-1-2-4-18(17)21(25)26)24(13-23-19)16-9-11-27-12-10-16/h1-8,13,16H,9-12H2,(H,25,26). The first-order valence-corrected chi connectivity index (χ1v) is 8.88. The Labute approximate surface area is 156 Å². The molecule has 0 atom stereocenters. The zero-order valence-electron chi connectivity index (χ0n) is 14.6. The number of hydrogen-bond donors (Lipinski definition) is 1. The molecular weight excluding hydrogens is 347 g/mol. The van der Waals surface area contributed by atoms with E-state index in [1.54, 1.807) is 36.7 Å². The minimum Gasteiger partial charge on any atom is -0.478 e. The molecule has 1 fully saturated rings. The van der Waals surface area contributed by atoms with Crippen LogP contribution in [0.4, 0.5) is 4.39 Å². The Morgan fingerprint density at radius 2 is 1.81 bits per heavy atom. The molecule has 1 N–H and O–H groups in total. The summed E-state index contributed by atoms with van der Waals surface area (Å²) in [4.78, 5) is 16.4. The van der Waals surface area contributed by atoms with Gasteiger partial charge in [0.1, 0.15) is 5.82 Å². The molecule has 0 radical (unpaired) electrons. The molecule has 0 saturated carbocycles. The first kappa shape index (κ1) is 17.4. The highest BCUT2D eigenvalue weighted by molar-refractivity contribution is 5.97. The van der Waals surface area contributed by atoms with Crippen LogP contribution in [0.3, 0.4) is 0 Å². The number of hydrogen-bond acceptors (Lipinski definition) is 3. The van der Waals surface area contributed by atoms with Gasteiger partial charge in [0, 0.05) is 30.4 Å². The number of aromatic nitrogens is 2. The van der Waals surface area contributed by atoms with E-state index in [-0.39, 0.29) is 17.4 Å². The summed E-state index contributed by atoms with van der Waals surface area (Å²) >= 11 is 0. The fourth-order valence-corrected chi connectivity index (χ4v) is 3.56. The van der Waals surface area contributed by atoms with Crippen LogP contribution >= 0.6 is 0 Å². The lowest BCUT2D eigenvalue weighted by molar-refractivity contribution is 0.0689. The van der Waals surface area contributed by atoms with Gasteiger partial charge in [-0.25, -0.2) is 14.2 Å². The predicted octanol–water partition coefficient (Wildman–Crippen LogP) is 4.41. The van der Waals surface area contributed by atoms with Crippen LogP contribution < -0.4 is 0 Å². The normalized spacial score (nSPS) is 15.0. The number of carboxylic acid groups (broad SMARTS) is 1. The van der Waals surface area contributed by atoms with Gasteiger partial charge < -0.3 is 14.4 Å². The van der Waals surface area contributed by atoms with Gasteiger partial charge in [0.25, 0.3) is 0 Å². The average molecular weight is 366 g/mol. The van der Waals surface area contributed by atoms with Crippen molar-refractivity contribution in [2.45, 2.75) is 18.9 Å². The number of aromatic carboxylic acids is 1. The van der Waals surface area contributed by atoms with Crippen LogP contribution in [0.25, 0.3) is 22.5 Å². The number of nitrogens with zero attached hydrogens (tertiary/aromatic N) is 2. The van der Waals surface area contributed by atoms with E-state index in [2.05, 4.69) is 4.98 Å². The van der Waals surface area contributed by atoms with E-state index in [1.807, 2.05) is 10.6 Å². The van der Waals surface area contributed by atoms with Crippen LogP contribution in [0.15, 0.2) is 54.9 Å². The molecule has 4 rings (SSSR count). The van der Waals surface area contributed by atoms with Gasteiger partial charge in [-0.3, -0.25) is 0 Å². The van der Waals surface area contributed by atoms with Gasteiger partial charge in [0.2, 0.25) is 0 Å². The number of rotatable bonds is 4. The quantitative estimate of drug-likeness (QED) is 0.743. The third kappa shape index (κ3) is 3.36. The Bertz CT molecular complexity index is 960. The van der Waals surface area contributed by atoms with Crippen LogP contribution in [0.2, 0.25) is 0 Å². The Morgan fingerprint density at radius 3 is 2.52 bits per heavy atom. The Hall–Kier alpha value is -2.99. The molecule has 1 aliphatic heterocycles. The maximum absolute atomic E-state index is 13.4. The van der Waals surface area contributed by atoms with E-state index in [0.29, 0.717) is 24.5 Å². The summed E-state index contributed by atoms with van der Waals surface area (Å²) in [7, 11) is 0. The van der Waals surface area contributed by atoms with E-state index in [0.717, 1.165) is 24.1 Å². The molecule has 138 valence electrons. The molecule has 0 unspecified atom stereocenters. The summed E-state index contributed by atoms with van der Waals surface area (Å²) in [5.41, 5.74) is 2.96. The van der Waals surface area contributed by atoms with Gasteiger partial charge in [0.15, 0.2) is 0 Å². The van der Waals surface area contributed by atoms with Gasteiger partial charge in [-0.15, -0.1) is 0 Å². The molecule has 2 heterocycles. The molecule has 0 aliphatic carbocycles. The summed E-state index contributed by atoms with van der Waals surface area (Å²) in [5, 5.41) is 9.66. The number of carboxylic acids is 1. The number of benzene rings is 2. The number of halogens is 1. The van der Waals surface area contributed by atoms with Gasteiger partial charge in [-0.05, 0) is 43.2 Å². The van der Waals surface area contributed by atoms with Crippen molar-refractivity contribution in [3.63, 3.8) is 0 Å². The monoisotopic (exact) mass is 366 g/mol. The van der Waals surface area contributed by atoms with Crippen molar-refractivity contribution in [2.75, 3.05) is 13.2 Å². The minimum absolute atomic E-state index is 0.178. The van der Waals surface area contributed by atoms with Crippen molar-refractivity contribution >= 4 is 5.97 Å². The first-order valence-electron chi connectivity index (χ1n) is 8.88. The largest absolute Gasteiger partial charge is 0.478 e. The average Bonchev–Trinajstić information content (AvgIpc) is 3.14. The fourth-order valence-electron chi connectivity index (χ4n) is 3.56. The van der Waals surface area contributed by atoms with Gasteiger partial charge in [-0.1, -0.05) is 18.2 Å².